The fourth-order valence-electron chi connectivity index (χ4n) is 2.14. The normalized spacial score (nSPS) is 19.5. The highest BCUT2D eigenvalue weighted by molar-refractivity contribution is 8.00. The number of nitrogen functional groups attached to an aromatic ring is 1. The molecule has 1 saturated heterocycles. The van der Waals surface area contributed by atoms with Gasteiger partial charge in [0.2, 0.25) is 5.91 Å². The van der Waals surface area contributed by atoms with E-state index < -0.39 is 0 Å². The third-order valence-corrected chi connectivity index (χ3v) is 4.79. The number of benzene rings is 1. The molecule has 1 fully saturated rings. The molecule has 0 aliphatic carbocycles. The third-order valence-electron chi connectivity index (χ3n) is 3.41. The summed E-state index contributed by atoms with van der Waals surface area (Å²) in [6, 6.07) is 5.83. The smallest absolute Gasteiger partial charge is 0.233 e. The molecule has 1 aliphatic heterocycles. The molecule has 0 saturated carbocycles. The molecule has 1 heterocycles. The van der Waals surface area contributed by atoms with Gasteiger partial charge < -0.3 is 11.1 Å². The summed E-state index contributed by atoms with van der Waals surface area (Å²) in [6.07, 6.45) is 3.41. The quantitative estimate of drug-likeness (QED) is 0.825. The second-order valence-electron chi connectivity index (χ2n) is 4.70. The summed E-state index contributed by atoms with van der Waals surface area (Å²) in [5, 5.41) is 3.16. The average molecular weight is 264 g/mol. The first-order chi connectivity index (χ1) is 8.68. The Morgan fingerprint density at radius 2 is 2.33 bits per heavy atom. The lowest BCUT2D eigenvalue weighted by atomic mass is 10.1. The highest BCUT2D eigenvalue weighted by Crippen LogP contribution is 2.25. The predicted molar refractivity (Wildman–Crippen MR) is 77.5 cm³/mol. The largest absolute Gasteiger partial charge is 0.399 e. The number of anilines is 1. The van der Waals surface area contributed by atoms with E-state index in [1.54, 1.807) is 11.8 Å². The molecule has 3 nitrogen and oxygen atoms in total. The van der Waals surface area contributed by atoms with Crippen LogP contribution in [-0.4, -0.2) is 16.9 Å². The monoisotopic (exact) mass is 264 g/mol. The van der Waals surface area contributed by atoms with E-state index in [1.807, 2.05) is 25.1 Å². The molecule has 0 aromatic heterocycles. The number of nitrogens with two attached hydrogens (primary N) is 1. The predicted octanol–water partition coefficient (Wildman–Crippen LogP) is 2.48. The van der Waals surface area contributed by atoms with Crippen molar-refractivity contribution < 1.29 is 4.79 Å². The van der Waals surface area contributed by atoms with Crippen LogP contribution in [0.15, 0.2) is 18.2 Å². The van der Waals surface area contributed by atoms with Gasteiger partial charge in [0.05, 0.1) is 5.25 Å². The van der Waals surface area contributed by atoms with E-state index in [0.717, 1.165) is 29.0 Å². The van der Waals surface area contributed by atoms with Crippen molar-refractivity contribution >= 4 is 23.4 Å². The van der Waals surface area contributed by atoms with Gasteiger partial charge in [-0.05, 0) is 42.7 Å². The molecule has 1 aromatic carbocycles. The van der Waals surface area contributed by atoms with Crippen LogP contribution in [0.2, 0.25) is 0 Å². The van der Waals surface area contributed by atoms with Crippen molar-refractivity contribution in [3.8, 4) is 0 Å². The van der Waals surface area contributed by atoms with E-state index in [4.69, 9.17) is 5.73 Å². The lowest BCUT2D eigenvalue weighted by molar-refractivity contribution is -0.120. The average Bonchev–Trinajstić information content (AvgIpc) is 2.41. The molecule has 1 amide bonds. The zero-order valence-corrected chi connectivity index (χ0v) is 11.6. The highest BCUT2D eigenvalue weighted by atomic mass is 32.2. The molecule has 98 valence electrons. The van der Waals surface area contributed by atoms with Gasteiger partial charge in [0, 0.05) is 12.2 Å². The van der Waals surface area contributed by atoms with Crippen molar-refractivity contribution in [3.05, 3.63) is 29.3 Å². The molecule has 1 unspecified atom stereocenters. The van der Waals surface area contributed by atoms with Gasteiger partial charge >= 0.3 is 0 Å². The molecular formula is C14H20N2OS. The van der Waals surface area contributed by atoms with Gasteiger partial charge in [-0.15, -0.1) is 11.8 Å². The fourth-order valence-corrected chi connectivity index (χ4v) is 3.36. The van der Waals surface area contributed by atoms with Crippen LogP contribution < -0.4 is 11.1 Å². The van der Waals surface area contributed by atoms with Gasteiger partial charge in [0.25, 0.3) is 0 Å². The molecule has 18 heavy (non-hydrogen) atoms. The van der Waals surface area contributed by atoms with E-state index >= 15 is 0 Å². The first-order valence-electron chi connectivity index (χ1n) is 6.42. The van der Waals surface area contributed by atoms with Gasteiger partial charge in [0.15, 0.2) is 0 Å². The van der Waals surface area contributed by atoms with E-state index in [1.165, 1.54) is 12.8 Å². The van der Waals surface area contributed by atoms with Gasteiger partial charge in [-0.2, -0.15) is 0 Å². The number of rotatable bonds is 3. The minimum absolute atomic E-state index is 0.139. The first kappa shape index (κ1) is 13.3. The highest BCUT2D eigenvalue weighted by Gasteiger charge is 2.21. The summed E-state index contributed by atoms with van der Waals surface area (Å²) < 4.78 is 0. The summed E-state index contributed by atoms with van der Waals surface area (Å²) in [4.78, 5) is 12.0. The Bertz CT molecular complexity index is 428. The second kappa shape index (κ2) is 6.14. The number of hydrogen-bond acceptors (Lipinski definition) is 3. The number of carbonyl (C=O) groups excluding carboxylic acids is 1. The van der Waals surface area contributed by atoms with Gasteiger partial charge in [-0.25, -0.2) is 0 Å². The zero-order valence-electron chi connectivity index (χ0n) is 10.7. The lowest BCUT2D eigenvalue weighted by Gasteiger charge is -2.20. The Morgan fingerprint density at radius 1 is 1.50 bits per heavy atom. The van der Waals surface area contributed by atoms with Crippen molar-refractivity contribution in [2.75, 3.05) is 11.5 Å². The Labute approximate surface area is 113 Å². The van der Waals surface area contributed by atoms with Gasteiger partial charge in [0.1, 0.15) is 0 Å². The molecule has 0 radical (unpaired) electrons. The molecule has 4 heteroatoms. The van der Waals surface area contributed by atoms with Crippen molar-refractivity contribution in [1.82, 2.24) is 5.32 Å². The zero-order chi connectivity index (χ0) is 13.0. The van der Waals surface area contributed by atoms with Crippen LogP contribution >= 0.6 is 11.8 Å². The van der Waals surface area contributed by atoms with Crippen molar-refractivity contribution in [2.45, 2.75) is 38.0 Å². The van der Waals surface area contributed by atoms with Crippen LogP contribution in [0.4, 0.5) is 5.69 Å². The van der Waals surface area contributed by atoms with E-state index in [0.29, 0.717) is 6.54 Å². The van der Waals surface area contributed by atoms with E-state index in [-0.39, 0.29) is 11.2 Å². The summed E-state index contributed by atoms with van der Waals surface area (Å²) in [7, 11) is 0. The SMILES string of the molecule is Cc1c(N)cccc1CNC(=O)C1CCCCS1. The number of thioether (sulfide) groups is 1. The number of carbonyl (C=O) groups is 1. The van der Waals surface area contributed by atoms with Crippen LogP contribution in [0.5, 0.6) is 0 Å². The summed E-state index contributed by atoms with van der Waals surface area (Å²) >= 11 is 1.78. The maximum Gasteiger partial charge on any atom is 0.233 e. The first-order valence-corrected chi connectivity index (χ1v) is 7.46. The number of amides is 1. The minimum Gasteiger partial charge on any atom is -0.399 e. The lowest BCUT2D eigenvalue weighted by Crippen LogP contribution is -2.33. The molecule has 1 atom stereocenters. The molecule has 1 aromatic rings. The number of nitrogens with one attached hydrogen (secondary N) is 1. The maximum atomic E-state index is 12.0. The van der Waals surface area contributed by atoms with Crippen molar-refractivity contribution in [1.29, 1.82) is 0 Å². The van der Waals surface area contributed by atoms with Crippen LogP contribution in [0.25, 0.3) is 0 Å². The molecule has 1 aliphatic rings. The van der Waals surface area contributed by atoms with Crippen molar-refractivity contribution in [3.63, 3.8) is 0 Å². The minimum atomic E-state index is 0.139. The Hall–Kier alpha value is -1.16. The molecule has 2 rings (SSSR count). The fraction of sp³-hybridized carbons (Fsp3) is 0.500. The Balaban J connectivity index is 1.90. The molecule has 3 N–H and O–H groups in total. The van der Waals surface area contributed by atoms with Crippen LogP contribution in [-0.2, 0) is 11.3 Å². The molecular weight excluding hydrogens is 244 g/mol. The molecule has 0 bridgehead atoms. The summed E-state index contributed by atoms with van der Waals surface area (Å²) in [6.45, 7) is 2.57. The summed E-state index contributed by atoms with van der Waals surface area (Å²) in [5.41, 5.74) is 8.80. The second-order valence-corrected chi connectivity index (χ2v) is 6.01. The Kier molecular flexibility index (Phi) is 4.53. The topological polar surface area (TPSA) is 55.1 Å². The number of hydrogen-bond donors (Lipinski definition) is 2. The maximum absolute atomic E-state index is 12.0. The van der Waals surface area contributed by atoms with Crippen LogP contribution in [0.1, 0.15) is 30.4 Å². The van der Waals surface area contributed by atoms with Crippen molar-refractivity contribution in [2.24, 2.45) is 0 Å². The van der Waals surface area contributed by atoms with Crippen LogP contribution in [0, 0.1) is 6.92 Å². The van der Waals surface area contributed by atoms with Gasteiger partial charge in [-0.3, -0.25) is 4.79 Å². The van der Waals surface area contributed by atoms with Gasteiger partial charge in [-0.1, -0.05) is 18.6 Å². The van der Waals surface area contributed by atoms with Crippen LogP contribution in [0.3, 0.4) is 0 Å². The standard InChI is InChI=1S/C14H20N2OS/c1-10-11(5-4-6-12(10)15)9-16-14(17)13-7-2-3-8-18-13/h4-6,13H,2-3,7-9,15H2,1H3,(H,16,17). The molecule has 0 spiro atoms. The van der Waals surface area contributed by atoms with E-state index in [9.17, 15) is 4.79 Å². The third kappa shape index (κ3) is 3.19. The summed E-state index contributed by atoms with van der Waals surface area (Å²) in [5.74, 6) is 1.27. The Morgan fingerprint density at radius 3 is 3.06 bits per heavy atom. The van der Waals surface area contributed by atoms with E-state index in [2.05, 4.69) is 5.32 Å².